The van der Waals surface area contributed by atoms with Crippen molar-refractivity contribution in [2.24, 2.45) is 0 Å². The molecule has 0 bridgehead atoms. The van der Waals surface area contributed by atoms with Gasteiger partial charge < -0.3 is 5.11 Å². The smallest absolute Gasteiger partial charge is 0.165 e. The molecule has 0 amide bonds. The first-order valence-corrected chi connectivity index (χ1v) is 5.32. The Morgan fingerprint density at radius 1 is 1.20 bits per heavy atom. The van der Waals surface area contributed by atoms with Gasteiger partial charge in [-0.25, -0.2) is 0 Å². The van der Waals surface area contributed by atoms with Gasteiger partial charge in [0.2, 0.25) is 0 Å². The summed E-state index contributed by atoms with van der Waals surface area (Å²) in [5.74, 6) is 0.478. The lowest BCUT2D eigenvalue weighted by Crippen LogP contribution is -2.09. The number of aliphatic hydroxyl groups is 1. The number of hydrogen-bond donors (Lipinski definition) is 1. The first-order valence-electron chi connectivity index (χ1n) is 5.32. The average Bonchev–Trinajstić information content (AvgIpc) is 2.17. The highest BCUT2D eigenvalue weighted by Gasteiger charge is 2.09. The Hall–Kier alpha value is -1.15. The Kier molecular flexibility index (Phi) is 4.04. The van der Waals surface area contributed by atoms with E-state index in [1.54, 1.807) is 6.92 Å². The van der Waals surface area contributed by atoms with Gasteiger partial charge in [0.25, 0.3) is 0 Å². The summed E-state index contributed by atoms with van der Waals surface area (Å²) in [6.07, 6.45) is -0.372. The summed E-state index contributed by atoms with van der Waals surface area (Å²) in [5, 5.41) is 9.11. The lowest BCUT2D eigenvalue weighted by molar-refractivity contribution is 0.0901. The second kappa shape index (κ2) is 5.08. The summed E-state index contributed by atoms with van der Waals surface area (Å²) >= 11 is 0. The molecule has 1 rings (SSSR count). The van der Waals surface area contributed by atoms with Crippen LogP contribution in [0.5, 0.6) is 0 Å². The third kappa shape index (κ3) is 3.48. The molecular formula is C13H18O2. The Morgan fingerprint density at radius 2 is 1.73 bits per heavy atom. The van der Waals surface area contributed by atoms with Gasteiger partial charge in [-0.1, -0.05) is 38.1 Å². The van der Waals surface area contributed by atoms with Gasteiger partial charge in [-0.3, -0.25) is 4.79 Å². The molecule has 0 saturated heterocycles. The van der Waals surface area contributed by atoms with Crippen LogP contribution >= 0.6 is 0 Å². The van der Waals surface area contributed by atoms with E-state index in [0.717, 1.165) is 0 Å². The largest absolute Gasteiger partial charge is 0.393 e. The molecule has 0 aliphatic carbocycles. The first-order chi connectivity index (χ1) is 7.00. The molecule has 1 aromatic rings. The van der Waals surface area contributed by atoms with E-state index in [2.05, 4.69) is 13.8 Å². The highest BCUT2D eigenvalue weighted by Crippen LogP contribution is 2.15. The molecule has 0 aromatic heterocycles. The maximum atomic E-state index is 11.6. The Morgan fingerprint density at radius 3 is 2.13 bits per heavy atom. The molecule has 0 spiro atoms. The molecule has 15 heavy (non-hydrogen) atoms. The molecular weight excluding hydrogens is 188 g/mol. The number of hydrogen-bond acceptors (Lipinski definition) is 2. The molecule has 2 heteroatoms. The van der Waals surface area contributed by atoms with Crippen molar-refractivity contribution in [2.45, 2.75) is 39.2 Å². The Bertz CT molecular complexity index is 323. The highest BCUT2D eigenvalue weighted by molar-refractivity contribution is 5.96. The second-order valence-electron chi connectivity index (χ2n) is 4.25. The summed E-state index contributed by atoms with van der Waals surface area (Å²) in [4.78, 5) is 11.6. The summed E-state index contributed by atoms with van der Waals surface area (Å²) in [6, 6.07) is 7.61. The molecule has 0 fully saturated rings. The van der Waals surface area contributed by atoms with E-state index < -0.39 is 6.10 Å². The number of aliphatic hydroxyl groups excluding tert-OH is 1. The van der Waals surface area contributed by atoms with Crippen molar-refractivity contribution < 1.29 is 9.90 Å². The van der Waals surface area contributed by atoms with Crippen LogP contribution in [0.25, 0.3) is 0 Å². The number of rotatable bonds is 4. The van der Waals surface area contributed by atoms with Gasteiger partial charge >= 0.3 is 0 Å². The molecule has 1 N–H and O–H groups in total. The number of Topliss-reactive ketones (excluding diaryl/α,β-unsaturated/α-hetero) is 1. The van der Waals surface area contributed by atoms with Crippen LogP contribution in [-0.2, 0) is 0 Å². The van der Waals surface area contributed by atoms with Crippen molar-refractivity contribution in [1.82, 2.24) is 0 Å². The van der Waals surface area contributed by atoms with Gasteiger partial charge in [-0.05, 0) is 18.4 Å². The van der Waals surface area contributed by atoms with Crippen molar-refractivity contribution in [3.8, 4) is 0 Å². The number of carbonyl (C=O) groups is 1. The average molecular weight is 206 g/mol. The van der Waals surface area contributed by atoms with E-state index in [0.29, 0.717) is 11.5 Å². The van der Waals surface area contributed by atoms with Gasteiger partial charge in [0, 0.05) is 12.0 Å². The minimum absolute atomic E-state index is 0.000283. The van der Waals surface area contributed by atoms with E-state index in [4.69, 9.17) is 5.11 Å². The summed E-state index contributed by atoms with van der Waals surface area (Å²) < 4.78 is 0. The molecule has 0 saturated carbocycles. The van der Waals surface area contributed by atoms with Crippen molar-refractivity contribution >= 4 is 5.78 Å². The zero-order valence-corrected chi connectivity index (χ0v) is 9.53. The molecule has 0 aliphatic heterocycles. The number of benzene rings is 1. The minimum atomic E-state index is -0.567. The van der Waals surface area contributed by atoms with Gasteiger partial charge in [0.05, 0.1) is 6.10 Å². The molecule has 82 valence electrons. The quantitative estimate of drug-likeness (QED) is 0.769. The van der Waals surface area contributed by atoms with Gasteiger partial charge in [0.1, 0.15) is 0 Å². The van der Waals surface area contributed by atoms with Gasteiger partial charge in [0.15, 0.2) is 5.78 Å². The topological polar surface area (TPSA) is 37.3 Å². The second-order valence-corrected chi connectivity index (χ2v) is 4.25. The zero-order valence-electron chi connectivity index (χ0n) is 9.53. The Labute approximate surface area is 90.9 Å². The summed E-state index contributed by atoms with van der Waals surface area (Å²) in [6.45, 7) is 5.86. The first kappa shape index (κ1) is 11.9. The van der Waals surface area contributed by atoms with Crippen LogP contribution in [0.2, 0.25) is 0 Å². The van der Waals surface area contributed by atoms with Crippen molar-refractivity contribution in [3.05, 3.63) is 35.4 Å². The third-order valence-electron chi connectivity index (χ3n) is 2.38. The van der Waals surface area contributed by atoms with Gasteiger partial charge in [-0.15, -0.1) is 0 Å². The molecule has 0 heterocycles. The van der Waals surface area contributed by atoms with E-state index in [1.165, 1.54) is 5.56 Å². The fraction of sp³-hybridized carbons (Fsp3) is 0.462. The fourth-order valence-corrected chi connectivity index (χ4v) is 1.44. The highest BCUT2D eigenvalue weighted by atomic mass is 16.3. The lowest BCUT2D eigenvalue weighted by Gasteiger charge is -2.07. The van der Waals surface area contributed by atoms with Crippen LogP contribution < -0.4 is 0 Å². The normalized spacial score (nSPS) is 12.9. The predicted molar refractivity (Wildman–Crippen MR) is 61.2 cm³/mol. The Balaban J connectivity index is 2.75. The third-order valence-corrected chi connectivity index (χ3v) is 2.38. The van der Waals surface area contributed by atoms with E-state index >= 15 is 0 Å². The van der Waals surface area contributed by atoms with Gasteiger partial charge in [-0.2, -0.15) is 0 Å². The maximum absolute atomic E-state index is 11.6. The summed E-state index contributed by atoms with van der Waals surface area (Å²) in [5.41, 5.74) is 1.91. The van der Waals surface area contributed by atoms with Crippen LogP contribution in [-0.4, -0.2) is 17.0 Å². The SMILES string of the molecule is CC(O)CC(=O)c1ccc(C(C)C)cc1. The minimum Gasteiger partial charge on any atom is -0.393 e. The fourth-order valence-electron chi connectivity index (χ4n) is 1.44. The molecule has 1 unspecified atom stereocenters. The van der Waals surface area contributed by atoms with Crippen molar-refractivity contribution in [1.29, 1.82) is 0 Å². The van der Waals surface area contributed by atoms with E-state index in [1.807, 2.05) is 24.3 Å². The molecule has 1 aromatic carbocycles. The molecule has 0 aliphatic rings. The molecule has 2 nitrogen and oxygen atoms in total. The van der Waals surface area contributed by atoms with Crippen LogP contribution in [0.1, 0.15) is 49.0 Å². The number of carbonyl (C=O) groups excluding carboxylic acids is 1. The van der Waals surface area contributed by atoms with E-state index in [-0.39, 0.29) is 12.2 Å². The van der Waals surface area contributed by atoms with Crippen LogP contribution in [0.15, 0.2) is 24.3 Å². The van der Waals surface area contributed by atoms with Crippen molar-refractivity contribution in [3.63, 3.8) is 0 Å². The maximum Gasteiger partial charge on any atom is 0.165 e. The van der Waals surface area contributed by atoms with Crippen LogP contribution in [0.3, 0.4) is 0 Å². The lowest BCUT2D eigenvalue weighted by atomic mass is 9.99. The molecule has 1 atom stereocenters. The zero-order chi connectivity index (χ0) is 11.4. The van der Waals surface area contributed by atoms with Crippen LogP contribution in [0.4, 0.5) is 0 Å². The number of ketones is 1. The van der Waals surface area contributed by atoms with Crippen LogP contribution in [0, 0.1) is 0 Å². The van der Waals surface area contributed by atoms with Crippen molar-refractivity contribution in [2.75, 3.05) is 0 Å². The molecule has 0 radical (unpaired) electrons. The monoisotopic (exact) mass is 206 g/mol. The van der Waals surface area contributed by atoms with E-state index in [9.17, 15) is 4.79 Å². The summed E-state index contributed by atoms with van der Waals surface area (Å²) in [7, 11) is 0. The predicted octanol–water partition coefficient (Wildman–Crippen LogP) is 2.76. The standard InChI is InChI=1S/C13H18O2/c1-9(2)11-4-6-12(7-5-11)13(15)8-10(3)14/h4-7,9-10,14H,8H2,1-3H3.